The molecule has 0 aliphatic heterocycles. The summed E-state index contributed by atoms with van der Waals surface area (Å²) < 4.78 is 0. The standard InChI is InChI=1S/C24H37N3O2/c1-6-25-24(29)26-15-21-12-18(4)20(13-22(21)17(2)3)14-23(28)27(5)16-19-10-8-7-9-11-19/h7-12,17,20-22H,6,13-16H2,1-5H3,(H2,25,26,29)/t20-,21+,22-/m0/s1. The highest BCUT2D eigenvalue weighted by Crippen LogP contribution is 2.39. The van der Waals surface area contributed by atoms with Gasteiger partial charge in [0.15, 0.2) is 0 Å². The van der Waals surface area contributed by atoms with Crippen LogP contribution in [0.25, 0.3) is 0 Å². The minimum absolute atomic E-state index is 0.110. The second-order valence-electron chi connectivity index (χ2n) is 8.59. The molecule has 0 saturated heterocycles. The number of benzene rings is 1. The van der Waals surface area contributed by atoms with Gasteiger partial charge in [0.1, 0.15) is 0 Å². The molecular weight excluding hydrogens is 362 g/mol. The lowest BCUT2D eigenvalue weighted by Gasteiger charge is -2.37. The number of nitrogens with one attached hydrogen (secondary N) is 2. The van der Waals surface area contributed by atoms with E-state index in [1.807, 2.05) is 37.1 Å². The monoisotopic (exact) mass is 399 g/mol. The van der Waals surface area contributed by atoms with Gasteiger partial charge in [-0.3, -0.25) is 4.79 Å². The van der Waals surface area contributed by atoms with Crippen LogP contribution < -0.4 is 10.6 Å². The van der Waals surface area contributed by atoms with Gasteiger partial charge in [0.05, 0.1) is 0 Å². The third kappa shape index (κ3) is 6.91. The fourth-order valence-corrected chi connectivity index (χ4v) is 4.25. The highest BCUT2D eigenvalue weighted by molar-refractivity contribution is 5.76. The Labute approximate surface area is 175 Å². The van der Waals surface area contributed by atoms with Crippen molar-refractivity contribution in [2.45, 2.75) is 47.1 Å². The Morgan fingerprint density at radius 2 is 1.86 bits per heavy atom. The third-order valence-electron chi connectivity index (χ3n) is 6.03. The summed E-state index contributed by atoms with van der Waals surface area (Å²) in [5, 5.41) is 5.78. The molecule has 0 fully saturated rings. The molecule has 0 bridgehead atoms. The van der Waals surface area contributed by atoms with Crippen molar-refractivity contribution in [1.82, 2.24) is 15.5 Å². The van der Waals surface area contributed by atoms with Gasteiger partial charge in [-0.25, -0.2) is 4.79 Å². The van der Waals surface area contributed by atoms with Crippen molar-refractivity contribution in [3.63, 3.8) is 0 Å². The van der Waals surface area contributed by atoms with Gasteiger partial charge in [-0.15, -0.1) is 0 Å². The lowest BCUT2D eigenvalue weighted by molar-refractivity contribution is -0.131. The molecule has 0 saturated carbocycles. The van der Waals surface area contributed by atoms with Crippen LogP contribution in [0.1, 0.15) is 46.1 Å². The zero-order chi connectivity index (χ0) is 21.4. The van der Waals surface area contributed by atoms with Crippen molar-refractivity contribution in [1.29, 1.82) is 0 Å². The van der Waals surface area contributed by atoms with Gasteiger partial charge >= 0.3 is 6.03 Å². The predicted molar refractivity (Wildman–Crippen MR) is 118 cm³/mol. The van der Waals surface area contributed by atoms with Crippen LogP contribution in [-0.4, -0.2) is 37.0 Å². The van der Waals surface area contributed by atoms with Crippen LogP contribution in [-0.2, 0) is 11.3 Å². The first-order valence-electron chi connectivity index (χ1n) is 10.8. The van der Waals surface area contributed by atoms with Crippen LogP contribution in [0.5, 0.6) is 0 Å². The average Bonchev–Trinajstić information content (AvgIpc) is 2.68. The molecule has 1 aromatic carbocycles. The van der Waals surface area contributed by atoms with Crippen molar-refractivity contribution in [3.05, 3.63) is 47.5 Å². The highest BCUT2D eigenvalue weighted by atomic mass is 16.2. The van der Waals surface area contributed by atoms with Gasteiger partial charge < -0.3 is 15.5 Å². The van der Waals surface area contributed by atoms with Crippen LogP contribution in [0.2, 0.25) is 0 Å². The van der Waals surface area contributed by atoms with Crippen molar-refractivity contribution in [2.24, 2.45) is 23.7 Å². The van der Waals surface area contributed by atoms with Crippen molar-refractivity contribution in [3.8, 4) is 0 Å². The summed E-state index contributed by atoms with van der Waals surface area (Å²) in [5.74, 6) is 1.73. The molecule has 29 heavy (non-hydrogen) atoms. The molecule has 3 atom stereocenters. The molecule has 5 heteroatoms. The van der Waals surface area contributed by atoms with E-state index in [4.69, 9.17) is 0 Å². The van der Waals surface area contributed by atoms with E-state index < -0.39 is 0 Å². The maximum atomic E-state index is 12.8. The molecule has 0 unspecified atom stereocenters. The maximum Gasteiger partial charge on any atom is 0.314 e. The van der Waals surface area contributed by atoms with E-state index in [1.165, 1.54) is 5.57 Å². The van der Waals surface area contributed by atoms with E-state index in [-0.39, 0.29) is 17.9 Å². The Morgan fingerprint density at radius 3 is 2.48 bits per heavy atom. The van der Waals surface area contributed by atoms with E-state index in [9.17, 15) is 9.59 Å². The van der Waals surface area contributed by atoms with Gasteiger partial charge in [-0.2, -0.15) is 0 Å². The molecule has 160 valence electrons. The van der Waals surface area contributed by atoms with Gasteiger partial charge in [-0.1, -0.05) is 55.8 Å². The summed E-state index contributed by atoms with van der Waals surface area (Å²) in [5.41, 5.74) is 2.42. The predicted octanol–water partition coefficient (Wildman–Crippen LogP) is 4.21. The van der Waals surface area contributed by atoms with Gasteiger partial charge in [0, 0.05) is 33.1 Å². The second-order valence-corrected chi connectivity index (χ2v) is 8.59. The Morgan fingerprint density at radius 1 is 1.17 bits per heavy atom. The zero-order valence-electron chi connectivity index (χ0n) is 18.6. The number of urea groups is 1. The van der Waals surface area contributed by atoms with Crippen molar-refractivity contribution < 1.29 is 9.59 Å². The van der Waals surface area contributed by atoms with E-state index in [2.05, 4.69) is 49.6 Å². The number of allylic oxidation sites excluding steroid dienone is 1. The minimum atomic E-state index is -0.110. The second kappa shape index (κ2) is 11.0. The SMILES string of the molecule is CCNC(=O)NC[C@H]1C=C(C)[C@H](CC(=O)N(C)Cc2ccccc2)C[C@H]1C(C)C. The Bertz CT molecular complexity index is 699. The lowest BCUT2D eigenvalue weighted by atomic mass is 9.69. The van der Waals surface area contributed by atoms with Crippen LogP contribution in [0.15, 0.2) is 42.0 Å². The zero-order valence-corrected chi connectivity index (χ0v) is 18.6. The molecule has 0 spiro atoms. The number of carbonyl (C=O) groups excluding carboxylic acids is 2. The van der Waals surface area contributed by atoms with Crippen molar-refractivity contribution in [2.75, 3.05) is 20.1 Å². The van der Waals surface area contributed by atoms with Gasteiger partial charge in [-0.05, 0) is 49.5 Å². The van der Waals surface area contributed by atoms with Crippen LogP contribution in [0, 0.1) is 23.7 Å². The number of hydrogen-bond acceptors (Lipinski definition) is 2. The maximum absolute atomic E-state index is 12.8. The summed E-state index contributed by atoms with van der Waals surface area (Å²) in [6, 6.07) is 9.99. The highest BCUT2D eigenvalue weighted by Gasteiger charge is 2.33. The fourth-order valence-electron chi connectivity index (χ4n) is 4.25. The largest absolute Gasteiger partial charge is 0.341 e. The third-order valence-corrected chi connectivity index (χ3v) is 6.03. The van der Waals surface area contributed by atoms with E-state index in [0.29, 0.717) is 43.8 Å². The molecule has 0 radical (unpaired) electrons. The van der Waals surface area contributed by atoms with Crippen molar-refractivity contribution >= 4 is 11.9 Å². The molecule has 0 heterocycles. The molecule has 1 aliphatic carbocycles. The Kier molecular flexibility index (Phi) is 8.74. The molecule has 2 N–H and O–H groups in total. The van der Waals surface area contributed by atoms with E-state index >= 15 is 0 Å². The topological polar surface area (TPSA) is 61.4 Å². The Hall–Kier alpha value is -2.30. The number of nitrogens with zero attached hydrogens (tertiary/aromatic N) is 1. The number of amides is 3. The molecule has 1 aromatic rings. The first-order chi connectivity index (χ1) is 13.8. The lowest BCUT2D eigenvalue weighted by Crippen LogP contribution is -2.41. The normalized spacial score (nSPS) is 21.4. The van der Waals surface area contributed by atoms with Gasteiger partial charge in [0.25, 0.3) is 0 Å². The number of carbonyl (C=O) groups is 2. The quantitative estimate of drug-likeness (QED) is 0.643. The number of hydrogen-bond donors (Lipinski definition) is 2. The molecule has 2 rings (SSSR count). The van der Waals surface area contributed by atoms with Crippen LogP contribution in [0.4, 0.5) is 4.79 Å². The summed E-state index contributed by atoms with van der Waals surface area (Å²) >= 11 is 0. The molecular formula is C24H37N3O2. The van der Waals surface area contributed by atoms with E-state index in [1.54, 1.807) is 0 Å². The van der Waals surface area contributed by atoms with Crippen LogP contribution >= 0.6 is 0 Å². The summed E-state index contributed by atoms with van der Waals surface area (Å²) in [7, 11) is 1.89. The molecule has 0 aromatic heterocycles. The Balaban J connectivity index is 1.99. The molecule has 3 amide bonds. The first-order valence-corrected chi connectivity index (χ1v) is 10.8. The van der Waals surface area contributed by atoms with Crippen LogP contribution in [0.3, 0.4) is 0 Å². The summed E-state index contributed by atoms with van der Waals surface area (Å²) in [6.07, 6.45) is 3.83. The smallest absolute Gasteiger partial charge is 0.314 e. The molecule has 5 nitrogen and oxygen atoms in total. The summed E-state index contributed by atoms with van der Waals surface area (Å²) in [4.78, 5) is 26.5. The summed E-state index contributed by atoms with van der Waals surface area (Å²) in [6.45, 7) is 10.4. The average molecular weight is 400 g/mol. The van der Waals surface area contributed by atoms with E-state index in [0.717, 1.165) is 12.0 Å². The first kappa shape index (κ1) is 23.0. The number of rotatable bonds is 8. The fraction of sp³-hybridized carbons (Fsp3) is 0.583. The minimum Gasteiger partial charge on any atom is -0.341 e. The molecule has 1 aliphatic rings. The van der Waals surface area contributed by atoms with Gasteiger partial charge in [0.2, 0.25) is 5.91 Å².